The fourth-order valence-electron chi connectivity index (χ4n) is 3.15. The van der Waals surface area contributed by atoms with E-state index in [1.807, 2.05) is 69.3 Å². The quantitative estimate of drug-likeness (QED) is 0.762. The van der Waals surface area contributed by atoms with Crippen LogP contribution in [0.4, 0.5) is 4.79 Å². The van der Waals surface area contributed by atoms with Crippen molar-refractivity contribution in [2.24, 2.45) is 5.92 Å². The maximum absolute atomic E-state index is 12.4. The highest BCUT2D eigenvalue weighted by Gasteiger charge is 2.34. The van der Waals surface area contributed by atoms with Gasteiger partial charge >= 0.3 is 12.0 Å². The average Bonchev–Trinajstić information content (AvgIpc) is 2.69. The normalized spacial score (nSPS) is 16.5. The number of methoxy groups -OCH3 is 1. The van der Waals surface area contributed by atoms with Crippen molar-refractivity contribution >= 4 is 12.0 Å². The number of allylic oxidation sites excluding steroid dienone is 1. The second kappa shape index (κ2) is 8.17. The maximum Gasteiger partial charge on any atom is 0.337 e. The number of carbonyl (C=O) groups is 2. The number of hydrogen-bond acceptors (Lipinski definition) is 4. The molecule has 2 N–H and O–H groups in total. The Labute approximate surface area is 164 Å². The van der Waals surface area contributed by atoms with Crippen LogP contribution in [-0.2, 0) is 9.53 Å². The third-order valence-electron chi connectivity index (χ3n) is 4.62. The number of benzene rings is 2. The van der Waals surface area contributed by atoms with Gasteiger partial charge in [-0.15, -0.1) is 0 Å². The van der Waals surface area contributed by atoms with Gasteiger partial charge in [-0.2, -0.15) is 0 Å². The molecule has 3 rings (SSSR count). The van der Waals surface area contributed by atoms with Crippen molar-refractivity contribution < 1.29 is 19.1 Å². The minimum Gasteiger partial charge on any atom is -0.466 e. The molecule has 2 aromatic carbocycles. The van der Waals surface area contributed by atoms with Gasteiger partial charge < -0.3 is 20.1 Å². The Kier molecular flexibility index (Phi) is 5.68. The van der Waals surface area contributed by atoms with Crippen molar-refractivity contribution in [2.45, 2.75) is 26.8 Å². The number of nitrogens with one attached hydrogen (secondary N) is 2. The van der Waals surface area contributed by atoms with Crippen LogP contribution in [0.25, 0.3) is 0 Å². The SMILES string of the molecule is COC(=O)C1=C(C(C)C)NC(=O)NC1c1ccc(Oc2ccccc2C)cc1. The molecule has 6 nitrogen and oxygen atoms in total. The lowest BCUT2D eigenvalue weighted by Crippen LogP contribution is -2.47. The van der Waals surface area contributed by atoms with Crippen LogP contribution in [-0.4, -0.2) is 19.1 Å². The highest BCUT2D eigenvalue weighted by molar-refractivity contribution is 5.95. The highest BCUT2D eigenvalue weighted by atomic mass is 16.5. The monoisotopic (exact) mass is 380 g/mol. The van der Waals surface area contributed by atoms with Gasteiger partial charge in [-0.1, -0.05) is 44.2 Å². The van der Waals surface area contributed by atoms with E-state index < -0.39 is 12.0 Å². The number of para-hydroxylation sites is 1. The summed E-state index contributed by atoms with van der Waals surface area (Å²) in [4.78, 5) is 24.6. The summed E-state index contributed by atoms with van der Waals surface area (Å²) in [5.41, 5.74) is 2.78. The lowest BCUT2D eigenvalue weighted by atomic mass is 9.91. The minimum absolute atomic E-state index is 0.0358. The predicted molar refractivity (Wildman–Crippen MR) is 106 cm³/mol. The number of esters is 1. The smallest absolute Gasteiger partial charge is 0.337 e. The number of aryl methyl sites for hydroxylation is 1. The number of hydrogen-bond donors (Lipinski definition) is 2. The van der Waals surface area contributed by atoms with E-state index in [2.05, 4.69) is 10.6 Å². The lowest BCUT2D eigenvalue weighted by molar-refractivity contribution is -0.136. The Morgan fingerprint density at radius 3 is 2.36 bits per heavy atom. The molecule has 1 aliphatic heterocycles. The van der Waals surface area contributed by atoms with E-state index in [0.29, 0.717) is 17.0 Å². The minimum atomic E-state index is -0.592. The molecule has 28 heavy (non-hydrogen) atoms. The molecular weight excluding hydrogens is 356 g/mol. The van der Waals surface area contributed by atoms with Gasteiger partial charge in [0.1, 0.15) is 11.5 Å². The average molecular weight is 380 g/mol. The molecule has 0 aromatic heterocycles. The van der Waals surface area contributed by atoms with Gasteiger partial charge in [0.2, 0.25) is 0 Å². The van der Waals surface area contributed by atoms with Crippen LogP contribution in [0.1, 0.15) is 31.0 Å². The summed E-state index contributed by atoms with van der Waals surface area (Å²) < 4.78 is 10.9. The maximum atomic E-state index is 12.4. The van der Waals surface area contributed by atoms with Crippen LogP contribution in [0.2, 0.25) is 0 Å². The van der Waals surface area contributed by atoms with Crippen molar-refractivity contribution in [3.63, 3.8) is 0 Å². The van der Waals surface area contributed by atoms with Crippen molar-refractivity contribution in [2.75, 3.05) is 7.11 Å². The van der Waals surface area contributed by atoms with Crippen LogP contribution in [0.15, 0.2) is 59.8 Å². The molecule has 2 amide bonds. The topological polar surface area (TPSA) is 76.7 Å². The summed E-state index contributed by atoms with van der Waals surface area (Å²) in [6, 6.07) is 14.1. The van der Waals surface area contributed by atoms with Gasteiger partial charge in [0.25, 0.3) is 0 Å². The molecule has 0 fully saturated rings. The van der Waals surface area contributed by atoms with E-state index in [0.717, 1.165) is 16.9 Å². The van der Waals surface area contributed by atoms with Crippen molar-refractivity contribution in [3.05, 3.63) is 70.9 Å². The Morgan fingerprint density at radius 1 is 1.07 bits per heavy atom. The van der Waals surface area contributed by atoms with Crippen LogP contribution in [0.5, 0.6) is 11.5 Å². The summed E-state index contributed by atoms with van der Waals surface area (Å²) in [6.07, 6.45) is 0. The van der Waals surface area contributed by atoms with Gasteiger partial charge in [-0.25, -0.2) is 9.59 Å². The van der Waals surface area contributed by atoms with E-state index in [4.69, 9.17) is 9.47 Å². The molecule has 1 atom stereocenters. The molecular formula is C22H24N2O4. The largest absolute Gasteiger partial charge is 0.466 e. The summed E-state index contributed by atoms with van der Waals surface area (Å²) in [5, 5.41) is 5.55. The van der Waals surface area contributed by atoms with E-state index in [9.17, 15) is 9.59 Å². The number of amides is 2. The second-order valence-electron chi connectivity index (χ2n) is 6.94. The fraction of sp³-hybridized carbons (Fsp3) is 0.273. The summed E-state index contributed by atoms with van der Waals surface area (Å²) in [7, 11) is 1.33. The van der Waals surface area contributed by atoms with E-state index in [-0.39, 0.29) is 11.9 Å². The van der Waals surface area contributed by atoms with Gasteiger partial charge in [0.05, 0.1) is 18.7 Å². The van der Waals surface area contributed by atoms with E-state index in [1.165, 1.54) is 7.11 Å². The second-order valence-corrected chi connectivity index (χ2v) is 6.94. The van der Waals surface area contributed by atoms with E-state index >= 15 is 0 Å². The first-order valence-electron chi connectivity index (χ1n) is 9.14. The third kappa shape index (κ3) is 4.01. The molecule has 0 saturated heterocycles. The Morgan fingerprint density at radius 2 is 1.75 bits per heavy atom. The first kappa shape index (κ1) is 19.5. The molecule has 6 heteroatoms. The molecule has 2 aromatic rings. The Bertz CT molecular complexity index is 916. The molecule has 0 aliphatic carbocycles. The lowest BCUT2D eigenvalue weighted by Gasteiger charge is -2.30. The predicted octanol–water partition coefficient (Wildman–Crippen LogP) is 4.22. The summed E-state index contributed by atoms with van der Waals surface area (Å²) in [6.45, 7) is 5.81. The van der Waals surface area contributed by atoms with E-state index in [1.54, 1.807) is 0 Å². The number of urea groups is 1. The Balaban J connectivity index is 1.92. The third-order valence-corrected chi connectivity index (χ3v) is 4.62. The molecule has 0 spiro atoms. The van der Waals surface area contributed by atoms with Gasteiger partial charge in [-0.05, 0) is 42.2 Å². The molecule has 0 radical (unpaired) electrons. The molecule has 1 heterocycles. The zero-order chi connectivity index (χ0) is 20.3. The zero-order valence-corrected chi connectivity index (χ0v) is 16.4. The number of ether oxygens (including phenoxy) is 2. The van der Waals surface area contributed by atoms with Crippen molar-refractivity contribution in [1.29, 1.82) is 0 Å². The molecule has 146 valence electrons. The number of carbonyl (C=O) groups excluding carboxylic acids is 2. The van der Waals surface area contributed by atoms with Crippen molar-refractivity contribution in [3.8, 4) is 11.5 Å². The molecule has 0 bridgehead atoms. The molecule has 1 unspecified atom stereocenters. The van der Waals surface area contributed by atoms with Crippen molar-refractivity contribution in [1.82, 2.24) is 10.6 Å². The fourth-order valence-corrected chi connectivity index (χ4v) is 3.15. The standard InChI is InChI=1S/C22H24N2O4/c1-13(2)19-18(21(25)27-4)20(24-22(26)23-19)15-9-11-16(12-10-15)28-17-8-6-5-7-14(17)3/h5-13,20H,1-4H3,(H2,23,24,26). The van der Waals surface area contributed by atoms with Gasteiger partial charge in [-0.3, -0.25) is 0 Å². The molecule has 1 aliphatic rings. The van der Waals surface area contributed by atoms with Gasteiger partial charge in [0.15, 0.2) is 0 Å². The van der Waals surface area contributed by atoms with Crippen LogP contribution >= 0.6 is 0 Å². The Hall–Kier alpha value is -3.28. The summed E-state index contributed by atoms with van der Waals surface area (Å²) in [5.74, 6) is 0.946. The first-order chi connectivity index (χ1) is 13.4. The molecule has 0 saturated carbocycles. The van der Waals surface area contributed by atoms with Crippen LogP contribution < -0.4 is 15.4 Å². The zero-order valence-electron chi connectivity index (χ0n) is 16.4. The first-order valence-corrected chi connectivity index (χ1v) is 9.14. The van der Waals surface area contributed by atoms with Crippen LogP contribution in [0, 0.1) is 12.8 Å². The highest BCUT2D eigenvalue weighted by Crippen LogP contribution is 2.32. The summed E-state index contributed by atoms with van der Waals surface area (Å²) >= 11 is 0. The number of rotatable bonds is 5. The van der Waals surface area contributed by atoms with Crippen LogP contribution in [0.3, 0.4) is 0 Å². The van der Waals surface area contributed by atoms with Gasteiger partial charge in [0, 0.05) is 5.70 Å².